The van der Waals surface area contributed by atoms with Gasteiger partial charge in [-0.15, -0.1) is 0 Å². The molecule has 1 N–H and O–H groups in total. The Balaban J connectivity index is 3.69. The van der Waals surface area contributed by atoms with Gasteiger partial charge in [-0.25, -0.2) is 0 Å². The van der Waals surface area contributed by atoms with Crippen molar-refractivity contribution in [2.75, 3.05) is 12.3 Å². The molecule has 0 heterocycles. The Morgan fingerprint density at radius 3 is 2.17 bits per heavy atom. The van der Waals surface area contributed by atoms with E-state index < -0.39 is 10.1 Å². The predicted molar refractivity (Wildman–Crippen MR) is 48.1 cm³/mol. The summed E-state index contributed by atoms with van der Waals surface area (Å²) in [5.74, 6) is -0.231. The van der Waals surface area contributed by atoms with E-state index in [-0.39, 0.29) is 5.75 Å². The summed E-state index contributed by atoms with van der Waals surface area (Å²) in [4.78, 5) is 1.64. The van der Waals surface area contributed by atoms with Gasteiger partial charge >= 0.3 is 0 Å². The van der Waals surface area contributed by atoms with Gasteiger partial charge in [0.2, 0.25) is 0 Å². The molecule has 70 valence electrons. The summed E-state index contributed by atoms with van der Waals surface area (Å²) in [5, 5.41) is 0. The molecule has 4 nitrogen and oxygen atoms in total. The van der Waals surface area contributed by atoms with E-state index in [0.717, 1.165) is 0 Å². The molecule has 0 fully saturated rings. The Kier molecular flexibility index (Phi) is 4.61. The van der Waals surface area contributed by atoms with Gasteiger partial charge in [0.1, 0.15) is 0 Å². The highest BCUT2D eigenvalue weighted by atomic mass is 32.2. The van der Waals surface area contributed by atoms with Crippen LogP contribution in [0.5, 0.6) is 0 Å². The number of hydrogen-bond acceptors (Lipinski definition) is 3. The van der Waals surface area contributed by atoms with E-state index in [1.165, 1.54) is 12.4 Å². The average Bonchev–Trinajstić information content (AvgIpc) is 1.96. The maximum atomic E-state index is 10.3. The van der Waals surface area contributed by atoms with Gasteiger partial charge in [-0.3, -0.25) is 4.55 Å². The molecule has 0 aliphatic heterocycles. The van der Waals surface area contributed by atoms with Crippen LogP contribution in [0.2, 0.25) is 0 Å². The summed E-state index contributed by atoms with van der Waals surface area (Å²) in [6.07, 6.45) is 3.44. The molecule has 0 aliphatic carbocycles. The second kappa shape index (κ2) is 4.95. The van der Waals surface area contributed by atoms with E-state index in [1.54, 1.807) is 4.90 Å². The Labute approximate surface area is 72.9 Å². The van der Waals surface area contributed by atoms with E-state index >= 15 is 0 Å². The number of rotatable bonds is 6. The highest BCUT2D eigenvalue weighted by Gasteiger charge is 2.03. The van der Waals surface area contributed by atoms with Crippen molar-refractivity contribution in [2.24, 2.45) is 0 Å². The highest BCUT2D eigenvalue weighted by molar-refractivity contribution is 7.85. The smallest absolute Gasteiger partial charge is 0.264 e. The predicted octanol–water partition coefficient (Wildman–Crippen LogP) is 0.853. The molecule has 0 rings (SSSR count). The van der Waals surface area contributed by atoms with Crippen molar-refractivity contribution in [2.45, 2.75) is 6.42 Å². The zero-order valence-corrected chi connectivity index (χ0v) is 7.63. The third-order valence-corrected chi connectivity index (χ3v) is 2.09. The van der Waals surface area contributed by atoms with E-state index in [9.17, 15) is 8.42 Å². The molecule has 0 unspecified atom stereocenters. The van der Waals surface area contributed by atoms with Crippen LogP contribution in [0.3, 0.4) is 0 Å². The van der Waals surface area contributed by atoms with Crippen LogP contribution in [0, 0.1) is 0 Å². The summed E-state index contributed by atoms with van der Waals surface area (Å²) in [6, 6.07) is 0. The SMILES string of the molecule is C=CN(C=C)CCCS(=O)(=O)O. The Morgan fingerprint density at radius 2 is 1.83 bits per heavy atom. The maximum Gasteiger partial charge on any atom is 0.264 e. The van der Waals surface area contributed by atoms with Gasteiger partial charge < -0.3 is 4.90 Å². The molecule has 0 radical (unpaired) electrons. The second-order valence-electron chi connectivity index (χ2n) is 2.24. The number of hydrogen-bond donors (Lipinski definition) is 1. The van der Waals surface area contributed by atoms with Crippen molar-refractivity contribution < 1.29 is 13.0 Å². The van der Waals surface area contributed by atoms with E-state index in [2.05, 4.69) is 13.2 Å². The first-order chi connectivity index (χ1) is 5.49. The minimum atomic E-state index is -3.83. The Bertz CT molecular complexity index is 237. The van der Waals surface area contributed by atoms with Crippen molar-refractivity contribution in [1.29, 1.82) is 0 Å². The fraction of sp³-hybridized carbons (Fsp3) is 0.429. The first kappa shape index (κ1) is 11.2. The molecular formula is C7H13NO3S. The molecule has 0 aromatic heterocycles. The van der Waals surface area contributed by atoms with Crippen molar-refractivity contribution in [1.82, 2.24) is 4.90 Å². The van der Waals surface area contributed by atoms with Crippen LogP contribution in [0.1, 0.15) is 6.42 Å². The maximum absolute atomic E-state index is 10.3. The third kappa shape index (κ3) is 5.94. The molecule has 12 heavy (non-hydrogen) atoms. The van der Waals surface area contributed by atoms with Gasteiger partial charge in [0, 0.05) is 6.54 Å². The highest BCUT2D eigenvalue weighted by Crippen LogP contribution is 1.94. The van der Waals surface area contributed by atoms with Gasteiger partial charge in [0.05, 0.1) is 5.75 Å². The lowest BCUT2D eigenvalue weighted by Gasteiger charge is -2.12. The van der Waals surface area contributed by atoms with Gasteiger partial charge in [0.25, 0.3) is 10.1 Å². The van der Waals surface area contributed by atoms with Gasteiger partial charge in [0.15, 0.2) is 0 Å². The van der Waals surface area contributed by atoms with Crippen molar-refractivity contribution in [3.8, 4) is 0 Å². The Hall–Kier alpha value is -0.810. The molecule has 0 saturated carbocycles. The summed E-state index contributed by atoms with van der Waals surface area (Å²) in [7, 11) is -3.83. The van der Waals surface area contributed by atoms with Crippen LogP contribution in [-0.4, -0.2) is 30.2 Å². The lowest BCUT2D eigenvalue weighted by molar-refractivity contribution is 0.466. The molecule has 0 aliphatic rings. The van der Waals surface area contributed by atoms with Crippen LogP contribution < -0.4 is 0 Å². The molecule has 0 aromatic rings. The summed E-state index contributed by atoms with van der Waals surface area (Å²) in [6.45, 7) is 7.47. The fourth-order valence-electron chi connectivity index (χ4n) is 0.687. The number of nitrogens with zero attached hydrogens (tertiary/aromatic N) is 1. The van der Waals surface area contributed by atoms with Crippen molar-refractivity contribution in [3.05, 3.63) is 25.6 Å². The standard InChI is InChI=1S/C7H13NO3S/c1-3-8(4-2)6-5-7-12(9,10)11/h3-4H,1-2,5-7H2,(H,9,10,11). The summed E-state index contributed by atoms with van der Waals surface area (Å²) >= 11 is 0. The lowest BCUT2D eigenvalue weighted by atomic mass is 10.4. The molecule has 0 bridgehead atoms. The third-order valence-electron chi connectivity index (χ3n) is 1.29. The largest absolute Gasteiger partial charge is 0.355 e. The zero-order valence-electron chi connectivity index (χ0n) is 6.81. The monoisotopic (exact) mass is 191 g/mol. The normalized spacial score (nSPS) is 10.8. The van der Waals surface area contributed by atoms with Crippen LogP contribution in [-0.2, 0) is 10.1 Å². The first-order valence-corrected chi connectivity index (χ1v) is 5.06. The molecular weight excluding hydrogens is 178 g/mol. The minimum Gasteiger partial charge on any atom is -0.355 e. The molecule has 0 atom stereocenters. The minimum absolute atomic E-state index is 0.231. The van der Waals surface area contributed by atoms with E-state index in [1.807, 2.05) is 0 Å². The first-order valence-electron chi connectivity index (χ1n) is 3.45. The van der Waals surface area contributed by atoms with Gasteiger partial charge in [-0.2, -0.15) is 8.42 Å². The summed E-state index contributed by atoms with van der Waals surface area (Å²) < 4.78 is 28.9. The molecule has 0 aromatic carbocycles. The molecule has 0 spiro atoms. The van der Waals surface area contributed by atoms with Crippen LogP contribution in [0.15, 0.2) is 25.6 Å². The lowest BCUT2D eigenvalue weighted by Crippen LogP contribution is -2.14. The van der Waals surface area contributed by atoms with Crippen LogP contribution in [0.4, 0.5) is 0 Å². The van der Waals surface area contributed by atoms with Gasteiger partial charge in [-0.1, -0.05) is 13.2 Å². The average molecular weight is 191 g/mol. The summed E-state index contributed by atoms with van der Waals surface area (Å²) in [5.41, 5.74) is 0. The molecule has 5 heteroatoms. The Morgan fingerprint density at radius 1 is 1.33 bits per heavy atom. The van der Waals surface area contributed by atoms with Crippen LogP contribution >= 0.6 is 0 Å². The van der Waals surface area contributed by atoms with Crippen LogP contribution in [0.25, 0.3) is 0 Å². The van der Waals surface area contributed by atoms with E-state index in [0.29, 0.717) is 13.0 Å². The quantitative estimate of drug-likeness (QED) is 0.632. The van der Waals surface area contributed by atoms with Crippen molar-refractivity contribution >= 4 is 10.1 Å². The van der Waals surface area contributed by atoms with Crippen molar-refractivity contribution in [3.63, 3.8) is 0 Å². The van der Waals surface area contributed by atoms with Gasteiger partial charge in [-0.05, 0) is 18.8 Å². The zero-order chi connectivity index (χ0) is 9.61. The molecule has 0 amide bonds. The fourth-order valence-corrected chi connectivity index (χ4v) is 1.18. The second-order valence-corrected chi connectivity index (χ2v) is 3.81. The molecule has 0 saturated heterocycles. The van der Waals surface area contributed by atoms with E-state index in [4.69, 9.17) is 4.55 Å². The topological polar surface area (TPSA) is 57.6 Å².